The summed E-state index contributed by atoms with van der Waals surface area (Å²) >= 11 is 7.53. The van der Waals surface area contributed by atoms with E-state index in [-0.39, 0.29) is 10.9 Å². The smallest absolute Gasteiger partial charge is 0.266 e. The highest BCUT2D eigenvalue weighted by Gasteiger charge is 2.24. The summed E-state index contributed by atoms with van der Waals surface area (Å²) < 4.78 is 14.4. The zero-order chi connectivity index (χ0) is 28.3. The molecule has 10 heteroatoms. The van der Waals surface area contributed by atoms with Crippen LogP contribution in [-0.2, 0) is 6.54 Å². The number of hydrogen-bond donors (Lipinski definition) is 2. The van der Waals surface area contributed by atoms with E-state index in [4.69, 9.17) is 17.3 Å². The maximum absolute atomic E-state index is 14.4. The zero-order valence-electron chi connectivity index (χ0n) is 21.5. The molecule has 0 unspecified atom stereocenters. The molecule has 0 bridgehead atoms. The second kappa shape index (κ2) is 11.3. The predicted octanol–water partition coefficient (Wildman–Crippen LogP) is 7.72. The first-order valence-corrected chi connectivity index (χ1v) is 13.8. The quantitative estimate of drug-likeness (QED) is 0.201. The summed E-state index contributed by atoms with van der Waals surface area (Å²) in [5.41, 5.74) is 9.12. The number of pyridine rings is 1. The first kappa shape index (κ1) is 26.4. The van der Waals surface area contributed by atoms with E-state index in [1.165, 1.54) is 23.4 Å². The highest BCUT2D eigenvalue weighted by atomic mass is 35.5. The minimum atomic E-state index is -0.613. The molecule has 6 aromatic rings. The van der Waals surface area contributed by atoms with Crippen LogP contribution < -0.4 is 16.0 Å². The molecule has 3 N–H and O–H groups in total. The number of amides is 1. The number of nitrogen functional groups attached to an aromatic ring is 1. The van der Waals surface area contributed by atoms with Crippen molar-refractivity contribution in [1.82, 2.24) is 15.0 Å². The number of benzene rings is 3. The van der Waals surface area contributed by atoms with Crippen molar-refractivity contribution >= 4 is 62.8 Å². The Balaban J connectivity index is 1.27. The fourth-order valence-corrected chi connectivity index (χ4v) is 5.51. The molecule has 0 atom stereocenters. The fraction of sp³-hybridized carbons (Fsp3) is 0.0323. The Bertz CT molecular complexity index is 1880. The number of carbonyl (C=O) groups is 1. The van der Waals surface area contributed by atoms with E-state index in [1.807, 2.05) is 48.5 Å². The molecular weight excluding hydrogens is 559 g/mol. The molecule has 0 spiro atoms. The Morgan fingerprint density at radius 1 is 0.927 bits per heavy atom. The van der Waals surface area contributed by atoms with Crippen molar-refractivity contribution in [2.45, 2.75) is 6.54 Å². The van der Waals surface area contributed by atoms with Gasteiger partial charge in [-0.15, -0.1) is 11.3 Å². The molecule has 6 rings (SSSR count). The number of nitrogens with zero attached hydrogens (tertiary/aromatic N) is 4. The van der Waals surface area contributed by atoms with Crippen molar-refractivity contribution < 1.29 is 9.18 Å². The lowest BCUT2D eigenvalue weighted by Crippen LogP contribution is -2.27. The Kier molecular flexibility index (Phi) is 7.28. The van der Waals surface area contributed by atoms with Gasteiger partial charge in [-0.2, -0.15) is 0 Å². The average molecular weight is 581 g/mol. The van der Waals surface area contributed by atoms with E-state index >= 15 is 0 Å². The van der Waals surface area contributed by atoms with Gasteiger partial charge in [-0.1, -0.05) is 35.9 Å². The monoisotopic (exact) mass is 580 g/mol. The lowest BCUT2D eigenvalue weighted by molar-refractivity contribution is 0.0999. The van der Waals surface area contributed by atoms with E-state index in [1.54, 1.807) is 47.9 Å². The molecule has 0 aliphatic heterocycles. The Hall–Kier alpha value is -4.86. The molecule has 7 nitrogen and oxygen atoms in total. The van der Waals surface area contributed by atoms with E-state index in [0.29, 0.717) is 35.1 Å². The number of hydrogen-bond acceptors (Lipinski definition) is 7. The summed E-state index contributed by atoms with van der Waals surface area (Å²) in [6.07, 6.45) is 3.07. The van der Waals surface area contributed by atoms with Crippen LogP contribution in [-0.4, -0.2) is 20.9 Å². The lowest BCUT2D eigenvalue weighted by atomic mass is 10.1. The largest absolute Gasteiger partial charge is 0.383 e. The summed E-state index contributed by atoms with van der Waals surface area (Å²) in [7, 11) is 0. The molecule has 0 fully saturated rings. The van der Waals surface area contributed by atoms with Crippen LogP contribution in [0.3, 0.4) is 0 Å². The maximum atomic E-state index is 14.4. The van der Waals surface area contributed by atoms with Crippen LogP contribution in [0.25, 0.3) is 21.3 Å². The molecule has 3 heterocycles. The zero-order valence-corrected chi connectivity index (χ0v) is 23.0. The Morgan fingerprint density at radius 3 is 2.61 bits per heavy atom. The Morgan fingerprint density at radius 2 is 1.78 bits per heavy atom. The maximum Gasteiger partial charge on any atom is 0.266 e. The van der Waals surface area contributed by atoms with Gasteiger partial charge in [0.1, 0.15) is 23.8 Å². The fourth-order valence-electron chi connectivity index (χ4n) is 4.45. The minimum absolute atomic E-state index is 0.0197. The molecule has 0 saturated carbocycles. The highest BCUT2D eigenvalue weighted by molar-refractivity contribution is 7.15. The van der Waals surface area contributed by atoms with Gasteiger partial charge >= 0.3 is 0 Å². The molecule has 41 heavy (non-hydrogen) atoms. The van der Waals surface area contributed by atoms with Crippen LogP contribution in [0.2, 0.25) is 5.02 Å². The van der Waals surface area contributed by atoms with Crippen molar-refractivity contribution in [2.24, 2.45) is 0 Å². The summed E-state index contributed by atoms with van der Waals surface area (Å²) in [5.74, 6) is -0.124. The van der Waals surface area contributed by atoms with Crippen LogP contribution >= 0.6 is 22.9 Å². The number of rotatable bonds is 7. The minimum Gasteiger partial charge on any atom is -0.383 e. The van der Waals surface area contributed by atoms with Crippen LogP contribution in [0.1, 0.15) is 15.2 Å². The predicted molar refractivity (Wildman–Crippen MR) is 163 cm³/mol. The molecule has 3 aromatic heterocycles. The van der Waals surface area contributed by atoms with Gasteiger partial charge in [0.2, 0.25) is 0 Å². The van der Waals surface area contributed by atoms with Gasteiger partial charge < -0.3 is 11.1 Å². The van der Waals surface area contributed by atoms with E-state index in [0.717, 1.165) is 26.2 Å². The number of halogens is 2. The summed E-state index contributed by atoms with van der Waals surface area (Å²) in [5, 5.41) is 4.09. The van der Waals surface area contributed by atoms with Gasteiger partial charge in [-0.3, -0.25) is 9.69 Å². The van der Waals surface area contributed by atoms with Crippen LogP contribution in [0.4, 0.5) is 27.4 Å². The van der Waals surface area contributed by atoms with Crippen molar-refractivity contribution in [3.05, 3.63) is 125 Å². The standard InChI is InChI=1S/C31H22ClFN6OS/c32-25-11-9-21(16-26(25)33)39(20-5-2-1-3-6-20)31(40)23-7-4-14-35-30(23)36-17-22-10-13-28(41-22)19-8-12-27-24(15-19)29(34)38-18-37-27/h1-16,18H,17H2,(H,35,36)(H2,34,37,38). The second-order valence-corrected chi connectivity index (χ2v) is 10.7. The van der Waals surface area contributed by atoms with Crippen molar-refractivity contribution in [2.75, 3.05) is 16.0 Å². The SMILES string of the molecule is Nc1ncnc2ccc(-c3ccc(CNc4ncccc4C(=O)N(c4ccccc4)c4ccc(Cl)c(F)c4)s3)cc12. The first-order valence-electron chi connectivity index (χ1n) is 12.6. The van der Waals surface area contributed by atoms with Gasteiger partial charge in [0.25, 0.3) is 5.91 Å². The molecule has 0 aliphatic rings. The third-order valence-electron chi connectivity index (χ3n) is 6.46. The highest BCUT2D eigenvalue weighted by Crippen LogP contribution is 2.33. The summed E-state index contributed by atoms with van der Waals surface area (Å²) in [4.78, 5) is 30.3. The first-order chi connectivity index (χ1) is 20.0. The van der Waals surface area contributed by atoms with E-state index < -0.39 is 5.82 Å². The number of para-hydroxylation sites is 1. The van der Waals surface area contributed by atoms with Crippen LogP contribution in [0, 0.1) is 5.82 Å². The third kappa shape index (κ3) is 5.45. The third-order valence-corrected chi connectivity index (χ3v) is 7.90. The number of nitrogens with two attached hydrogens (primary N) is 1. The normalized spacial score (nSPS) is 11.0. The lowest BCUT2D eigenvalue weighted by Gasteiger charge is -2.24. The van der Waals surface area contributed by atoms with Crippen LogP contribution in [0.5, 0.6) is 0 Å². The number of nitrogens with one attached hydrogen (secondary N) is 1. The number of fused-ring (bicyclic) bond motifs is 1. The summed E-state index contributed by atoms with van der Waals surface area (Å²) in [6, 6.07) is 26.7. The van der Waals surface area contributed by atoms with Gasteiger partial charge in [-0.25, -0.2) is 19.3 Å². The average Bonchev–Trinajstić information content (AvgIpc) is 3.48. The van der Waals surface area contributed by atoms with Gasteiger partial charge in [0, 0.05) is 27.0 Å². The van der Waals surface area contributed by atoms with Crippen molar-refractivity contribution in [3.63, 3.8) is 0 Å². The topological polar surface area (TPSA) is 97.0 Å². The second-order valence-electron chi connectivity index (χ2n) is 9.08. The van der Waals surface area contributed by atoms with E-state index in [9.17, 15) is 9.18 Å². The van der Waals surface area contributed by atoms with Gasteiger partial charge in [0.15, 0.2) is 0 Å². The molecular formula is C31H22ClFN6OS. The van der Waals surface area contributed by atoms with Crippen molar-refractivity contribution in [1.29, 1.82) is 0 Å². The number of anilines is 4. The molecule has 3 aromatic carbocycles. The molecule has 1 amide bonds. The molecule has 202 valence electrons. The van der Waals surface area contributed by atoms with E-state index in [2.05, 4.69) is 20.3 Å². The van der Waals surface area contributed by atoms with Gasteiger partial charge in [-0.05, 0) is 72.3 Å². The molecule has 0 radical (unpaired) electrons. The molecule has 0 aliphatic carbocycles. The molecule has 0 saturated heterocycles. The van der Waals surface area contributed by atoms with Crippen molar-refractivity contribution in [3.8, 4) is 10.4 Å². The number of carbonyl (C=O) groups excluding carboxylic acids is 1. The number of thiophene rings is 1. The van der Waals surface area contributed by atoms with Gasteiger partial charge in [0.05, 0.1) is 28.3 Å². The summed E-state index contributed by atoms with van der Waals surface area (Å²) in [6.45, 7) is 0.446. The Labute approximate surface area is 244 Å². The number of aromatic nitrogens is 3. The van der Waals surface area contributed by atoms with Crippen LogP contribution in [0.15, 0.2) is 104 Å².